The Morgan fingerprint density at radius 1 is 1.42 bits per heavy atom. The third kappa shape index (κ3) is 4.68. The van der Waals surface area contributed by atoms with Gasteiger partial charge in [-0.05, 0) is 31.0 Å². The summed E-state index contributed by atoms with van der Waals surface area (Å²) in [5, 5.41) is 0. The molecule has 7 heteroatoms. The molecule has 0 bridgehead atoms. The van der Waals surface area contributed by atoms with E-state index in [1.807, 2.05) is 0 Å². The molecule has 108 valence electrons. The zero-order valence-electron chi connectivity index (χ0n) is 11.3. The number of hydrogen-bond acceptors (Lipinski definition) is 4. The molecule has 19 heavy (non-hydrogen) atoms. The summed E-state index contributed by atoms with van der Waals surface area (Å²) in [6, 6.07) is 4.64. The molecule has 0 saturated heterocycles. The Balaban J connectivity index is 2.97. The quantitative estimate of drug-likeness (QED) is 0.801. The highest BCUT2D eigenvalue weighted by Gasteiger charge is 2.20. The Labute approximate surface area is 117 Å². The minimum Gasteiger partial charge on any atom is -0.326 e. The maximum Gasteiger partial charge on any atom is 0.241 e. The van der Waals surface area contributed by atoms with E-state index in [2.05, 4.69) is 4.72 Å². The summed E-state index contributed by atoms with van der Waals surface area (Å²) in [7, 11) is -4.63. The normalized spacial score (nSPS) is 15.2. The van der Waals surface area contributed by atoms with E-state index < -0.39 is 20.8 Å². The number of nitrogens with one attached hydrogen (secondary N) is 1. The van der Waals surface area contributed by atoms with Gasteiger partial charge < -0.3 is 5.73 Å². The lowest BCUT2D eigenvalue weighted by Gasteiger charge is -2.15. The molecule has 2 unspecified atom stereocenters. The van der Waals surface area contributed by atoms with Crippen LogP contribution in [0.25, 0.3) is 0 Å². The molecule has 3 N–H and O–H groups in total. The molecule has 5 nitrogen and oxygen atoms in total. The summed E-state index contributed by atoms with van der Waals surface area (Å²) >= 11 is 0. The first-order valence-electron chi connectivity index (χ1n) is 5.88. The summed E-state index contributed by atoms with van der Waals surface area (Å²) < 4.78 is 38.0. The second-order valence-electron chi connectivity index (χ2n) is 4.57. The molecule has 0 heterocycles. The lowest BCUT2D eigenvalue weighted by Crippen LogP contribution is -2.36. The molecule has 1 rings (SSSR count). The van der Waals surface area contributed by atoms with E-state index >= 15 is 0 Å². The molecular formula is C12H20N2O3S2. The fourth-order valence-corrected chi connectivity index (χ4v) is 4.22. The van der Waals surface area contributed by atoms with Crippen molar-refractivity contribution in [1.29, 1.82) is 0 Å². The van der Waals surface area contributed by atoms with Crippen molar-refractivity contribution in [2.45, 2.75) is 31.3 Å². The maximum absolute atomic E-state index is 12.2. The first-order chi connectivity index (χ1) is 8.76. The van der Waals surface area contributed by atoms with E-state index in [9.17, 15) is 12.6 Å². The lowest BCUT2D eigenvalue weighted by atomic mass is 10.1. The first-order valence-corrected chi connectivity index (χ1v) is 9.09. The number of benzene rings is 1. The van der Waals surface area contributed by atoms with E-state index in [4.69, 9.17) is 5.73 Å². The Hall–Kier alpha value is -0.760. The van der Waals surface area contributed by atoms with Gasteiger partial charge in [0.15, 0.2) is 0 Å². The van der Waals surface area contributed by atoms with Gasteiger partial charge in [0, 0.05) is 35.4 Å². The van der Waals surface area contributed by atoms with Crippen LogP contribution in [0.2, 0.25) is 0 Å². The second-order valence-corrected chi connectivity index (χ2v) is 7.73. The fraction of sp³-hybridized carbons (Fsp3) is 0.500. The van der Waals surface area contributed by atoms with Crippen molar-refractivity contribution in [2.75, 3.05) is 12.0 Å². The van der Waals surface area contributed by atoms with Crippen molar-refractivity contribution in [3.8, 4) is 0 Å². The molecule has 1 aromatic rings. The topological polar surface area (TPSA) is 89.3 Å². The molecule has 0 aliphatic carbocycles. The van der Waals surface area contributed by atoms with Gasteiger partial charge in [-0.15, -0.1) is 0 Å². The fourth-order valence-electron chi connectivity index (χ4n) is 1.85. The molecule has 0 fully saturated rings. The van der Waals surface area contributed by atoms with Crippen LogP contribution in [-0.4, -0.2) is 30.7 Å². The van der Waals surface area contributed by atoms with Crippen LogP contribution in [0.1, 0.15) is 18.1 Å². The molecule has 0 saturated carbocycles. The standard InChI is InChI=1S/C12H20N2O3S2/c1-9-6-11(7-13)4-5-12(9)19(16,17)14-10(2)8-18(3)15/h4-6,10,14H,7-8,13H2,1-3H3. The van der Waals surface area contributed by atoms with Gasteiger partial charge in [-0.2, -0.15) is 0 Å². The van der Waals surface area contributed by atoms with Crippen molar-refractivity contribution in [3.63, 3.8) is 0 Å². The summed E-state index contributed by atoms with van der Waals surface area (Å²) in [5.74, 6) is 0.291. The molecule has 0 amide bonds. The highest BCUT2D eigenvalue weighted by atomic mass is 32.2. The van der Waals surface area contributed by atoms with Crippen molar-refractivity contribution in [3.05, 3.63) is 29.3 Å². The molecule has 0 aliphatic rings. The van der Waals surface area contributed by atoms with Crippen LogP contribution in [0.5, 0.6) is 0 Å². The maximum atomic E-state index is 12.2. The molecule has 0 aromatic heterocycles. The molecule has 1 aromatic carbocycles. The van der Waals surface area contributed by atoms with Gasteiger partial charge in [-0.1, -0.05) is 12.1 Å². The predicted molar refractivity (Wildman–Crippen MR) is 77.8 cm³/mol. The molecular weight excluding hydrogens is 284 g/mol. The van der Waals surface area contributed by atoms with Gasteiger partial charge in [-0.25, -0.2) is 13.1 Å². The van der Waals surface area contributed by atoms with E-state index in [0.717, 1.165) is 5.56 Å². The van der Waals surface area contributed by atoms with Crippen LogP contribution < -0.4 is 10.5 Å². The zero-order chi connectivity index (χ0) is 14.6. The van der Waals surface area contributed by atoms with Crippen LogP contribution >= 0.6 is 0 Å². The summed E-state index contributed by atoms with van der Waals surface area (Å²) in [4.78, 5) is 0.235. The van der Waals surface area contributed by atoms with Crippen LogP contribution in [0.4, 0.5) is 0 Å². The highest BCUT2D eigenvalue weighted by Crippen LogP contribution is 2.17. The minimum atomic E-state index is -3.59. The van der Waals surface area contributed by atoms with Crippen LogP contribution in [0.3, 0.4) is 0 Å². The zero-order valence-corrected chi connectivity index (χ0v) is 13.0. The van der Waals surface area contributed by atoms with Gasteiger partial charge >= 0.3 is 0 Å². The van der Waals surface area contributed by atoms with Gasteiger partial charge in [-0.3, -0.25) is 4.21 Å². The average Bonchev–Trinajstić information content (AvgIpc) is 2.26. The number of rotatable bonds is 6. The Kier molecular flexibility index (Phi) is 5.66. The van der Waals surface area contributed by atoms with E-state index in [0.29, 0.717) is 17.9 Å². The third-order valence-electron chi connectivity index (χ3n) is 2.61. The van der Waals surface area contributed by atoms with E-state index in [1.54, 1.807) is 38.3 Å². The van der Waals surface area contributed by atoms with Crippen molar-refractivity contribution >= 4 is 20.8 Å². The van der Waals surface area contributed by atoms with E-state index in [1.165, 1.54) is 0 Å². The third-order valence-corrected chi connectivity index (χ3v) is 5.32. The Bertz CT molecular complexity index is 570. The summed E-state index contributed by atoms with van der Waals surface area (Å²) in [6.07, 6.45) is 1.55. The minimum absolute atomic E-state index is 0.235. The Morgan fingerprint density at radius 2 is 2.05 bits per heavy atom. The molecule has 0 spiro atoms. The van der Waals surface area contributed by atoms with E-state index in [-0.39, 0.29) is 10.9 Å². The monoisotopic (exact) mass is 304 g/mol. The van der Waals surface area contributed by atoms with Gasteiger partial charge in [0.25, 0.3) is 0 Å². The average molecular weight is 304 g/mol. The first kappa shape index (κ1) is 16.3. The number of hydrogen-bond donors (Lipinski definition) is 2. The van der Waals surface area contributed by atoms with Gasteiger partial charge in [0.1, 0.15) is 0 Å². The number of aryl methyl sites for hydroxylation is 1. The van der Waals surface area contributed by atoms with Gasteiger partial charge in [0.05, 0.1) is 4.90 Å². The van der Waals surface area contributed by atoms with Crippen LogP contribution in [0.15, 0.2) is 23.1 Å². The SMILES string of the molecule is Cc1cc(CN)ccc1S(=O)(=O)NC(C)CS(C)=O. The molecule has 2 atom stereocenters. The van der Waals surface area contributed by atoms with Crippen LogP contribution in [-0.2, 0) is 27.4 Å². The summed E-state index contributed by atoms with van der Waals surface area (Å²) in [6.45, 7) is 3.80. The van der Waals surface area contributed by atoms with Crippen molar-refractivity contribution in [1.82, 2.24) is 4.72 Å². The van der Waals surface area contributed by atoms with Crippen molar-refractivity contribution < 1.29 is 12.6 Å². The summed E-state index contributed by atoms with van der Waals surface area (Å²) in [5.41, 5.74) is 7.06. The molecule has 0 radical (unpaired) electrons. The smallest absolute Gasteiger partial charge is 0.241 e. The predicted octanol–water partition coefficient (Wildman–Crippen LogP) is 0.499. The largest absolute Gasteiger partial charge is 0.326 e. The van der Waals surface area contributed by atoms with Crippen LogP contribution in [0, 0.1) is 6.92 Å². The lowest BCUT2D eigenvalue weighted by molar-refractivity contribution is 0.569. The van der Waals surface area contributed by atoms with Gasteiger partial charge in [0.2, 0.25) is 10.0 Å². The Morgan fingerprint density at radius 3 is 2.53 bits per heavy atom. The number of nitrogens with two attached hydrogens (primary N) is 1. The highest BCUT2D eigenvalue weighted by molar-refractivity contribution is 7.89. The second kappa shape index (κ2) is 6.60. The molecule has 0 aliphatic heterocycles. The van der Waals surface area contributed by atoms with Crippen molar-refractivity contribution in [2.24, 2.45) is 5.73 Å². The number of sulfonamides is 1.